The Morgan fingerprint density at radius 1 is 0.478 bits per heavy atom. The van der Waals surface area contributed by atoms with E-state index in [0.29, 0.717) is 12.8 Å². The van der Waals surface area contributed by atoms with E-state index in [1.165, 1.54) is 154 Å². The van der Waals surface area contributed by atoms with E-state index in [4.69, 9.17) is 9.47 Å². The predicted molar refractivity (Wildman–Crippen MR) is 196 cm³/mol. The maximum atomic E-state index is 12.2. The van der Waals surface area contributed by atoms with E-state index in [-0.39, 0.29) is 25.2 Å². The molecule has 46 heavy (non-hydrogen) atoms. The SMILES string of the molecule is CCCCCCC=CCCCCCCCCCC(=O)OCC(CO)OC(=O)CCCCCCCCCCCCCCCCCCC. The maximum Gasteiger partial charge on any atom is 0.306 e. The van der Waals surface area contributed by atoms with Gasteiger partial charge in [0.05, 0.1) is 6.61 Å². The molecule has 0 aliphatic rings. The van der Waals surface area contributed by atoms with Gasteiger partial charge in [-0.1, -0.05) is 180 Å². The Kier molecular flexibility index (Phi) is 37.0. The Morgan fingerprint density at radius 2 is 0.804 bits per heavy atom. The number of rotatable bonds is 37. The standard InChI is InChI=1S/C41H78O5/c1-3-5-7-9-11-13-15-17-19-20-22-24-26-28-30-32-34-36-41(44)46-39(37-42)38-45-40(43)35-33-31-29-27-25-23-21-18-16-14-12-10-8-6-4-2/h14,16,39,42H,3-13,15,17-38H2,1-2H3. The van der Waals surface area contributed by atoms with E-state index in [0.717, 1.165) is 38.5 Å². The van der Waals surface area contributed by atoms with Gasteiger partial charge < -0.3 is 14.6 Å². The van der Waals surface area contributed by atoms with Crippen molar-refractivity contribution in [1.82, 2.24) is 0 Å². The zero-order valence-corrected chi connectivity index (χ0v) is 30.9. The Bertz CT molecular complexity index is 661. The molecule has 0 spiro atoms. The first-order valence-corrected chi connectivity index (χ1v) is 20.2. The van der Waals surface area contributed by atoms with Crippen LogP contribution >= 0.6 is 0 Å². The highest BCUT2D eigenvalue weighted by molar-refractivity contribution is 5.70. The van der Waals surface area contributed by atoms with Crippen molar-refractivity contribution in [2.75, 3.05) is 13.2 Å². The first-order valence-electron chi connectivity index (χ1n) is 20.2. The second-order valence-electron chi connectivity index (χ2n) is 13.7. The van der Waals surface area contributed by atoms with Gasteiger partial charge in [-0.25, -0.2) is 0 Å². The lowest BCUT2D eigenvalue weighted by atomic mass is 10.0. The zero-order valence-electron chi connectivity index (χ0n) is 30.9. The molecule has 0 aliphatic heterocycles. The number of carbonyl (C=O) groups excluding carboxylic acids is 2. The van der Waals surface area contributed by atoms with Crippen LogP contribution in [0.3, 0.4) is 0 Å². The third kappa shape index (κ3) is 35.5. The minimum absolute atomic E-state index is 0.0622. The van der Waals surface area contributed by atoms with Crippen LogP contribution in [0.2, 0.25) is 0 Å². The largest absolute Gasteiger partial charge is 0.462 e. The normalized spacial score (nSPS) is 12.2. The summed E-state index contributed by atoms with van der Waals surface area (Å²) in [6.45, 7) is 4.14. The van der Waals surface area contributed by atoms with Gasteiger partial charge in [0.15, 0.2) is 6.10 Å². The maximum absolute atomic E-state index is 12.2. The molecule has 0 amide bonds. The molecule has 0 aromatic carbocycles. The van der Waals surface area contributed by atoms with Crippen LogP contribution in [0, 0.1) is 0 Å². The zero-order chi connectivity index (χ0) is 33.6. The van der Waals surface area contributed by atoms with Crippen molar-refractivity contribution in [2.45, 2.75) is 225 Å². The van der Waals surface area contributed by atoms with E-state index >= 15 is 0 Å². The van der Waals surface area contributed by atoms with Gasteiger partial charge in [-0.15, -0.1) is 0 Å². The van der Waals surface area contributed by atoms with Crippen LogP contribution in [0.15, 0.2) is 12.2 Å². The van der Waals surface area contributed by atoms with Gasteiger partial charge in [0.1, 0.15) is 6.61 Å². The first kappa shape index (κ1) is 44.6. The van der Waals surface area contributed by atoms with Gasteiger partial charge in [0.25, 0.3) is 0 Å². The quantitative estimate of drug-likeness (QED) is 0.0411. The number of ether oxygens (including phenoxy) is 2. The summed E-state index contributed by atoms with van der Waals surface area (Å²) in [6.07, 6.45) is 42.7. The summed E-state index contributed by atoms with van der Waals surface area (Å²) in [5, 5.41) is 9.55. The van der Waals surface area contributed by atoms with Crippen molar-refractivity contribution in [3.8, 4) is 0 Å². The molecule has 0 fully saturated rings. The van der Waals surface area contributed by atoms with Gasteiger partial charge in [-0.3, -0.25) is 9.59 Å². The van der Waals surface area contributed by atoms with Crippen molar-refractivity contribution >= 4 is 11.9 Å². The summed E-state index contributed by atoms with van der Waals surface area (Å²) >= 11 is 0. The topological polar surface area (TPSA) is 72.8 Å². The fourth-order valence-corrected chi connectivity index (χ4v) is 5.96. The van der Waals surface area contributed by atoms with E-state index in [9.17, 15) is 14.7 Å². The molecule has 0 saturated heterocycles. The number of allylic oxidation sites excluding steroid dienone is 2. The van der Waals surface area contributed by atoms with Crippen molar-refractivity contribution < 1.29 is 24.2 Å². The molecular formula is C41H78O5. The summed E-state index contributed by atoms with van der Waals surface area (Å²) < 4.78 is 10.6. The minimum atomic E-state index is -0.766. The number of aliphatic hydroxyl groups excluding tert-OH is 1. The van der Waals surface area contributed by atoms with Gasteiger partial charge in [0.2, 0.25) is 0 Å². The molecule has 0 saturated carbocycles. The van der Waals surface area contributed by atoms with Crippen molar-refractivity contribution in [2.24, 2.45) is 0 Å². The van der Waals surface area contributed by atoms with Crippen LogP contribution in [0.1, 0.15) is 219 Å². The monoisotopic (exact) mass is 651 g/mol. The highest BCUT2D eigenvalue weighted by atomic mass is 16.6. The fourth-order valence-electron chi connectivity index (χ4n) is 5.96. The Morgan fingerprint density at radius 3 is 1.20 bits per heavy atom. The van der Waals surface area contributed by atoms with Crippen LogP contribution in [-0.4, -0.2) is 36.4 Å². The minimum Gasteiger partial charge on any atom is -0.462 e. The summed E-state index contributed by atoms with van der Waals surface area (Å²) in [4.78, 5) is 24.2. The lowest BCUT2D eigenvalue weighted by Crippen LogP contribution is -2.28. The number of unbranched alkanes of at least 4 members (excludes halogenated alkanes) is 27. The molecule has 1 N–H and O–H groups in total. The average Bonchev–Trinajstić information content (AvgIpc) is 3.06. The average molecular weight is 651 g/mol. The van der Waals surface area contributed by atoms with Crippen LogP contribution < -0.4 is 0 Å². The number of hydrogen-bond donors (Lipinski definition) is 1. The van der Waals surface area contributed by atoms with Crippen LogP contribution in [-0.2, 0) is 19.1 Å². The van der Waals surface area contributed by atoms with Crippen LogP contribution in [0.4, 0.5) is 0 Å². The van der Waals surface area contributed by atoms with Crippen molar-refractivity contribution in [1.29, 1.82) is 0 Å². The second-order valence-corrected chi connectivity index (χ2v) is 13.7. The molecule has 272 valence electrons. The van der Waals surface area contributed by atoms with Gasteiger partial charge in [0, 0.05) is 12.8 Å². The van der Waals surface area contributed by atoms with Crippen molar-refractivity contribution in [3.05, 3.63) is 12.2 Å². The molecule has 0 aromatic rings. The first-order chi connectivity index (χ1) is 22.6. The molecule has 0 heterocycles. The second kappa shape index (κ2) is 38.1. The molecule has 0 aliphatic carbocycles. The van der Waals surface area contributed by atoms with Gasteiger partial charge in [-0.05, 0) is 38.5 Å². The van der Waals surface area contributed by atoms with Crippen LogP contribution in [0.5, 0.6) is 0 Å². The molecule has 5 nitrogen and oxygen atoms in total. The lowest BCUT2D eigenvalue weighted by molar-refractivity contribution is -0.161. The summed E-state index contributed by atoms with van der Waals surface area (Å²) in [5.41, 5.74) is 0. The molecule has 0 radical (unpaired) electrons. The molecule has 5 heteroatoms. The number of aliphatic hydroxyl groups is 1. The Balaban J connectivity index is 3.51. The van der Waals surface area contributed by atoms with E-state index in [2.05, 4.69) is 26.0 Å². The Labute approximate surface area is 286 Å². The Hall–Kier alpha value is -1.36. The fraction of sp³-hybridized carbons (Fsp3) is 0.902. The molecule has 1 atom stereocenters. The van der Waals surface area contributed by atoms with Crippen molar-refractivity contribution in [3.63, 3.8) is 0 Å². The van der Waals surface area contributed by atoms with E-state index < -0.39 is 6.10 Å². The van der Waals surface area contributed by atoms with Gasteiger partial charge in [-0.2, -0.15) is 0 Å². The summed E-state index contributed by atoms with van der Waals surface area (Å²) in [5.74, 6) is -0.585. The lowest BCUT2D eigenvalue weighted by Gasteiger charge is -2.15. The van der Waals surface area contributed by atoms with Crippen LogP contribution in [0.25, 0.3) is 0 Å². The number of esters is 2. The molecule has 0 bridgehead atoms. The highest BCUT2D eigenvalue weighted by Gasteiger charge is 2.16. The summed E-state index contributed by atoms with van der Waals surface area (Å²) in [7, 11) is 0. The van der Waals surface area contributed by atoms with E-state index in [1.807, 2.05) is 0 Å². The third-order valence-electron chi connectivity index (χ3n) is 9.06. The van der Waals surface area contributed by atoms with E-state index in [1.54, 1.807) is 0 Å². The molecule has 1 unspecified atom stereocenters. The third-order valence-corrected chi connectivity index (χ3v) is 9.06. The van der Waals surface area contributed by atoms with Gasteiger partial charge >= 0.3 is 11.9 Å². The highest BCUT2D eigenvalue weighted by Crippen LogP contribution is 2.15. The molecule has 0 rings (SSSR count). The number of carbonyl (C=O) groups is 2. The summed E-state index contributed by atoms with van der Waals surface area (Å²) in [6, 6.07) is 0. The molecule has 0 aromatic heterocycles. The smallest absolute Gasteiger partial charge is 0.306 e. The predicted octanol–water partition coefficient (Wildman–Crippen LogP) is 12.5. The number of hydrogen-bond acceptors (Lipinski definition) is 5. The molecular weight excluding hydrogens is 572 g/mol.